The van der Waals surface area contributed by atoms with Gasteiger partial charge < -0.3 is 10.1 Å². The van der Waals surface area contributed by atoms with Gasteiger partial charge in [0, 0.05) is 0 Å². The van der Waals surface area contributed by atoms with Gasteiger partial charge in [-0.05, 0) is 19.4 Å². The van der Waals surface area contributed by atoms with Crippen LogP contribution in [0.1, 0.15) is 12.8 Å². The van der Waals surface area contributed by atoms with Crippen molar-refractivity contribution in [2.24, 2.45) is 5.92 Å². The molecule has 1 rings (SSSR count). The Bertz CT molecular complexity index is 169. The molecule has 2 atom stereocenters. The Labute approximate surface area is 68.1 Å². The zero-order chi connectivity index (χ0) is 9.19. The summed E-state index contributed by atoms with van der Waals surface area (Å²) in [7, 11) is 0. The molecule has 5 heteroatoms. The Morgan fingerprint density at radius 3 is 2.50 bits per heavy atom. The quantitative estimate of drug-likeness (QED) is 0.614. The lowest BCUT2D eigenvalue weighted by Gasteiger charge is -2.30. The van der Waals surface area contributed by atoms with Crippen LogP contribution < -0.4 is 5.32 Å². The summed E-state index contributed by atoms with van der Waals surface area (Å²) in [5, 5.41) is 2.54. The second kappa shape index (κ2) is 3.43. The SMILES string of the molecule is O=CC1NCCC[C@H]1C(F)(F)F. The standard InChI is InChI=1S/C7H10F3NO/c8-7(9,10)5-2-1-3-11-6(5)4-12/h4-6,11H,1-3H2/t5-,6?/m1/s1. The number of aldehydes is 1. The number of piperidine rings is 1. The van der Waals surface area contributed by atoms with Crippen molar-refractivity contribution in [3.8, 4) is 0 Å². The van der Waals surface area contributed by atoms with Crippen LogP contribution in [-0.4, -0.2) is 25.0 Å². The van der Waals surface area contributed by atoms with E-state index in [1.165, 1.54) is 0 Å². The van der Waals surface area contributed by atoms with Crippen molar-refractivity contribution in [1.29, 1.82) is 0 Å². The normalized spacial score (nSPS) is 31.6. The van der Waals surface area contributed by atoms with Crippen LogP contribution in [0, 0.1) is 5.92 Å². The largest absolute Gasteiger partial charge is 0.393 e. The number of rotatable bonds is 1. The molecular formula is C7H10F3NO. The second-order valence-corrected chi connectivity index (χ2v) is 2.91. The van der Waals surface area contributed by atoms with Gasteiger partial charge in [0.2, 0.25) is 0 Å². The third-order valence-electron chi connectivity index (χ3n) is 2.07. The molecule has 1 N–H and O–H groups in total. The van der Waals surface area contributed by atoms with Crippen LogP contribution in [0.2, 0.25) is 0 Å². The van der Waals surface area contributed by atoms with Crippen LogP contribution in [0.15, 0.2) is 0 Å². The first-order valence-electron chi connectivity index (χ1n) is 3.81. The predicted octanol–water partition coefficient (Wildman–Crippen LogP) is 1.12. The number of carbonyl (C=O) groups excluding carboxylic acids is 1. The fourth-order valence-corrected chi connectivity index (χ4v) is 1.42. The number of hydrogen-bond donors (Lipinski definition) is 1. The summed E-state index contributed by atoms with van der Waals surface area (Å²) >= 11 is 0. The van der Waals surface area contributed by atoms with Gasteiger partial charge in [0.1, 0.15) is 6.29 Å². The van der Waals surface area contributed by atoms with E-state index in [4.69, 9.17) is 0 Å². The number of alkyl halides is 3. The van der Waals surface area contributed by atoms with Gasteiger partial charge >= 0.3 is 6.18 Å². The van der Waals surface area contributed by atoms with Crippen molar-refractivity contribution in [3.05, 3.63) is 0 Å². The smallest absolute Gasteiger partial charge is 0.307 e. The van der Waals surface area contributed by atoms with Gasteiger partial charge in [0.05, 0.1) is 12.0 Å². The van der Waals surface area contributed by atoms with Crippen molar-refractivity contribution in [1.82, 2.24) is 5.32 Å². The molecule has 0 aromatic rings. The minimum Gasteiger partial charge on any atom is -0.307 e. The third kappa shape index (κ3) is 1.97. The molecule has 1 fully saturated rings. The molecule has 0 bridgehead atoms. The molecule has 1 heterocycles. The zero-order valence-electron chi connectivity index (χ0n) is 6.40. The lowest BCUT2D eigenvalue weighted by atomic mass is 9.91. The number of halogens is 3. The minimum atomic E-state index is -4.25. The van der Waals surface area contributed by atoms with Crippen molar-refractivity contribution in [3.63, 3.8) is 0 Å². The minimum absolute atomic E-state index is 0.0555. The van der Waals surface area contributed by atoms with E-state index < -0.39 is 18.1 Å². The van der Waals surface area contributed by atoms with E-state index in [1.807, 2.05) is 0 Å². The molecule has 1 unspecified atom stereocenters. The van der Waals surface area contributed by atoms with Gasteiger partial charge in [-0.15, -0.1) is 0 Å². The fraction of sp³-hybridized carbons (Fsp3) is 0.857. The second-order valence-electron chi connectivity index (χ2n) is 2.91. The van der Waals surface area contributed by atoms with Crippen LogP contribution in [0.3, 0.4) is 0 Å². The Morgan fingerprint density at radius 2 is 2.08 bits per heavy atom. The van der Waals surface area contributed by atoms with Gasteiger partial charge in [-0.1, -0.05) is 0 Å². The van der Waals surface area contributed by atoms with Gasteiger partial charge in [0.25, 0.3) is 0 Å². The van der Waals surface area contributed by atoms with Gasteiger partial charge in [-0.25, -0.2) is 0 Å². The number of nitrogens with one attached hydrogen (secondary N) is 1. The van der Waals surface area contributed by atoms with Crippen LogP contribution in [0.4, 0.5) is 13.2 Å². The third-order valence-corrected chi connectivity index (χ3v) is 2.07. The molecule has 12 heavy (non-hydrogen) atoms. The van der Waals surface area contributed by atoms with E-state index in [0.29, 0.717) is 19.3 Å². The molecule has 1 aliphatic heterocycles. The van der Waals surface area contributed by atoms with E-state index in [1.54, 1.807) is 0 Å². The van der Waals surface area contributed by atoms with Crippen LogP contribution in [0.25, 0.3) is 0 Å². The summed E-state index contributed by atoms with van der Waals surface area (Å²) in [4.78, 5) is 10.3. The highest BCUT2D eigenvalue weighted by Crippen LogP contribution is 2.33. The summed E-state index contributed by atoms with van der Waals surface area (Å²) < 4.78 is 36.5. The summed E-state index contributed by atoms with van der Waals surface area (Å²) in [5.74, 6) is -1.50. The van der Waals surface area contributed by atoms with Gasteiger partial charge in [-0.2, -0.15) is 13.2 Å². The molecule has 0 aromatic heterocycles. The predicted molar refractivity (Wildman–Crippen MR) is 36.6 cm³/mol. The number of hydrogen-bond acceptors (Lipinski definition) is 2. The first kappa shape index (κ1) is 9.51. The topological polar surface area (TPSA) is 29.1 Å². The zero-order valence-corrected chi connectivity index (χ0v) is 6.40. The average molecular weight is 181 g/mol. The maximum absolute atomic E-state index is 12.2. The molecule has 0 amide bonds. The van der Waals surface area contributed by atoms with Crippen molar-refractivity contribution >= 4 is 6.29 Å². The Hall–Kier alpha value is -0.580. The lowest BCUT2D eigenvalue weighted by Crippen LogP contribution is -2.48. The van der Waals surface area contributed by atoms with Crippen molar-refractivity contribution < 1.29 is 18.0 Å². The Morgan fingerprint density at radius 1 is 1.42 bits per heavy atom. The molecule has 0 radical (unpaired) electrons. The molecule has 0 saturated carbocycles. The lowest BCUT2D eigenvalue weighted by molar-refractivity contribution is -0.187. The van der Waals surface area contributed by atoms with Gasteiger partial charge in [0.15, 0.2) is 0 Å². The Balaban J connectivity index is 2.65. The molecule has 0 aromatic carbocycles. The molecular weight excluding hydrogens is 171 g/mol. The van der Waals surface area contributed by atoms with E-state index in [0.717, 1.165) is 0 Å². The highest BCUT2D eigenvalue weighted by Gasteiger charge is 2.45. The highest BCUT2D eigenvalue weighted by molar-refractivity contribution is 5.58. The molecule has 2 nitrogen and oxygen atoms in total. The van der Waals surface area contributed by atoms with Crippen molar-refractivity contribution in [2.75, 3.05) is 6.54 Å². The number of carbonyl (C=O) groups is 1. The van der Waals surface area contributed by atoms with E-state index in [2.05, 4.69) is 5.32 Å². The van der Waals surface area contributed by atoms with Crippen LogP contribution in [-0.2, 0) is 4.79 Å². The molecule has 0 aliphatic carbocycles. The molecule has 1 saturated heterocycles. The average Bonchev–Trinajstić information content (AvgIpc) is 2.03. The van der Waals surface area contributed by atoms with Crippen LogP contribution >= 0.6 is 0 Å². The maximum atomic E-state index is 12.2. The van der Waals surface area contributed by atoms with Gasteiger partial charge in [-0.3, -0.25) is 0 Å². The van der Waals surface area contributed by atoms with E-state index in [-0.39, 0.29) is 6.42 Å². The van der Waals surface area contributed by atoms with Crippen molar-refractivity contribution in [2.45, 2.75) is 25.1 Å². The monoisotopic (exact) mass is 181 g/mol. The highest BCUT2D eigenvalue weighted by atomic mass is 19.4. The van der Waals surface area contributed by atoms with E-state index >= 15 is 0 Å². The molecule has 1 aliphatic rings. The molecule has 0 spiro atoms. The molecule has 70 valence electrons. The first-order valence-corrected chi connectivity index (χ1v) is 3.81. The summed E-state index contributed by atoms with van der Waals surface area (Å²) in [5.41, 5.74) is 0. The Kier molecular flexibility index (Phi) is 2.72. The maximum Gasteiger partial charge on any atom is 0.393 e. The summed E-state index contributed by atoms with van der Waals surface area (Å²) in [6.07, 6.45) is -3.37. The fourth-order valence-electron chi connectivity index (χ4n) is 1.42. The summed E-state index contributed by atoms with van der Waals surface area (Å²) in [6, 6.07) is -1.04. The van der Waals surface area contributed by atoms with Crippen LogP contribution in [0.5, 0.6) is 0 Å². The summed E-state index contributed by atoms with van der Waals surface area (Å²) in [6.45, 7) is 0.496. The first-order chi connectivity index (χ1) is 5.55. The van der Waals surface area contributed by atoms with E-state index in [9.17, 15) is 18.0 Å².